The molecule has 2 nitrogen and oxygen atoms in total. The first-order valence-corrected chi connectivity index (χ1v) is 6.67. The van der Waals surface area contributed by atoms with Gasteiger partial charge >= 0.3 is 0 Å². The number of rotatable bonds is 3. The van der Waals surface area contributed by atoms with Gasteiger partial charge in [0.2, 0.25) is 5.91 Å². The van der Waals surface area contributed by atoms with E-state index in [-0.39, 0.29) is 5.91 Å². The maximum absolute atomic E-state index is 11.7. The van der Waals surface area contributed by atoms with Gasteiger partial charge in [0.25, 0.3) is 0 Å². The Labute approximate surface area is 123 Å². The first-order chi connectivity index (χ1) is 9.74. The second-order valence-corrected chi connectivity index (χ2v) is 4.68. The molecule has 100 valence electrons. The summed E-state index contributed by atoms with van der Waals surface area (Å²) in [6.45, 7) is 0.349. The van der Waals surface area contributed by atoms with E-state index in [0.29, 0.717) is 18.0 Å². The summed E-state index contributed by atoms with van der Waals surface area (Å²) in [4.78, 5) is 11.7. The van der Waals surface area contributed by atoms with Crippen molar-refractivity contribution < 1.29 is 4.79 Å². The smallest absolute Gasteiger partial charge is 0.225 e. The standard InChI is InChI=1S/C17H14ClNO/c18-16-10-8-15(9-11-16)13-17(20)19-12-4-7-14-5-2-1-3-6-14/h1-3,5-6,8-11H,12-13H2,(H,19,20). The van der Waals surface area contributed by atoms with Crippen LogP contribution in [-0.2, 0) is 11.2 Å². The molecule has 0 aliphatic heterocycles. The molecule has 20 heavy (non-hydrogen) atoms. The molecule has 2 aromatic carbocycles. The number of nitrogens with one attached hydrogen (secondary N) is 1. The van der Waals surface area contributed by atoms with Gasteiger partial charge in [-0.25, -0.2) is 0 Å². The molecule has 0 saturated carbocycles. The van der Waals surface area contributed by atoms with E-state index < -0.39 is 0 Å². The molecule has 0 aliphatic carbocycles. The topological polar surface area (TPSA) is 29.1 Å². The van der Waals surface area contributed by atoms with E-state index in [0.717, 1.165) is 11.1 Å². The first-order valence-electron chi connectivity index (χ1n) is 6.29. The Hall–Kier alpha value is -2.24. The summed E-state index contributed by atoms with van der Waals surface area (Å²) < 4.78 is 0. The van der Waals surface area contributed by atoms with Crippen LogP contribution in [0.3, 0.4) is 0 Å². The Morgan fingerprint density at radius 3 is 2.45 bits per heavy atom. The zero-order valence-corrected chi connectivity index (χ0v) is 11.7. The molecule has 2 aromatic rings. The molecular weight excluding hydrogens is 270 g/mol. The van der Waals surface area contributed by atoms with Crippen molar-refractivity contribution in [2.24, 2.45) is 0 Å². The average Bonchev–Trinajstić information content (AvgIpc) is 2.47. The van der Waals surface area contributed by atoms with Crippen molar-refractivity contribution >= 4 is 17.5 Å². The zero-order valence-electron chi connectivity index (χ0n) is 10.9. The average molecular weight is 284 g/mol. The van der Waals surface area contributed by atoms with E-state index in [4.69, 9.17) is 11.6 Å². The van der Waals surface area contributed by atoms with Gasteiger partial charge in [-0.05, 0) is 29.8 Å². The van der Waals surface area contributed by atoms with Crippen LogP contribution < -0.4 is 5.32 Å². The second kappa shape index (κ2) is 7.37. The van der Waals surface area contributed by atoms with Crippen molar-refractivity contribution in [3.8, 4) is 11.8 Å². The fourth-order valence-corrected chi connectivity index (χ4v) is 1.79. The summed E-state index contributed by atoms with van der Waals surface area (Å²) >= 11 is 5.79. The van der Waals surface area contributed by atoms with Gasteiger partial charge in [-0.1, -0.05) is 53.8 Å². The lowest BCUT2D eigenvalue weighted by atomic mass is 10.1. The fraction of sp³-hybridized carbons (Fsp3) is 0.118. The van der Waals surface area contributed by atoms with Gasteiger partial charge in [0.1, 0.15) is 0 Å². The number of amides is 1. The number of carbonyl (C=O) groups excluding carboxylic acids is 1. The molecule has 0 heterocycles. The van der Waals surface area contributed by atoms with Gasteiger partial charge in [0, 0.05) is 10.6 Å². The van der Waals surface area contributed by atoms with Crippen LogP contribution in [-0.4, -0.2) is 12.5 Å². The quantitative estimate of drug-likeness (QED) is 0.862. The number of benzene rings is 2. The monoisotopic (exact) mass is 283 g/mol. The Morgan fingerprint density at radius 1 is 1.05 bits per heavy atom. The molecular formula is C17H14ClNO. The van der Waals surface area contributed by atoms with Crippen LogP contribution in [0.15, 0.2) is 54.6 Å². The maximum atomic E-state index is 11.7. The van der Waals surface area contributed by atoms with Crippen LogP contribution in [0.2, 0.25) is 5.02 Å². The molecule has 0 unspecified atom stereocenters. The lowest BCUT2D eigenvalue weighted by molar-refractivity contribution is -0.120. The van der Waals surface area contributed by atoms with Crippen molar-refractivity contribution in [1.29, 1.82) is 0 Å². The molecule has 3 heteroatoms. The second-order valence-electron chi connectivity index (χ2n) is 4.25. The highest BCUT2D eigenvalue weighted by Crippen LogP contribution is 2.09. The summed E-state index contributed by atoms with van der Waals surface area (Å²) in [5.41, 5.74) is 1.88. The van der Waals surface area contributed by atoms with Gasteiger partial charge in [-0.15, -0.1) is 0 Å². The number of hydrogen-bond acceptors (Lipinski definition) is 1. The normalized spacial score (nSPS) is 9.45. The SMILES string of the molecule is O=C(Cc1ccc(Cl)cc1)NCC#Cc1ccccc1. The van der Waals surface area contributed by atoms with Crippen molar-refractivity contribution in [2.75, 3.05) is 6.54 Å². The number of hydrogen-bond donors (Lipinski definition) is 1. The molecule has 0 spiro atoms. The van der Waals surface area contributed by atoms with E-state index in [1.807, 2.05) is 42.5 Å². The molecule has 0 atom stereocenters. The molecule has 0 aliphatic rings. The van der Waals surface area contributed by atoms with Crippen LogP contribution in [0.25, 0.3) is 0 Å². The Morgan fingerprint density at radius 2 is 1.75 bits per heavy atom. The van der Waals surface area contributed by atoms with Crippen molar-refractivity contribution in [3.05, 3.63) is 70.7 Å². The summed E-state index contributed by atoms with van der Waals surface area (Å²) in [6.07, 6.45) is 0.337. The predicted octanol–water partition coefficient (Wildman–Crippen LogP) is 3.05. The van der Waals surface area contributed by atoms with E-state index in [1.165, 1.54) is 0 Å². The predicted molar refractivity (Wildman–Crippen MR) is 81.5 cm³/mol. The van der Waals surface area contributed by atoms with Crippen molar-refractivity contribution in [1.82, 2.24) is 5.32 Å². The Kier molecular flexibility index (Phi) is 5.23. The summed E-state index contributed by atoms with van der Waals surface area (Å²) in [5.74, 6) is 5.87. The van der Waals surface area contributed by atoms with Gasteiger partial charge in [0.15, 0.2) is 0 Å². The molecule has 0 bridgehead atoms. The summed E-state index contributed by atoms with van der Waals surface area (Å²) in [7, 11) is 0. The first kappa shape index (κ1) is 14.2. The lowest BCUT2D eigenvalue weighted by Crippen LogP contribution is -2.25. The third-order valence-corrected chi connectivity index (χ3v) is 2.91. The third kappa shape index (κ3) is 4.79. The van der Waals surface area contributed by atoms with Crippen LogP contribution >= 0.6 is 11.6 Å². The van der Waals surface area contributed by atoms with E-state index >= 15 is 0 Å². The molecule has 0 radical (unpaired) electrons. The van der Waals surface area contributed by atoms with Crippen LogP contribution in [0.1, 0.15) is 11.1 Å². The zero-order chi connectivity index (χ0) is 14.2. The molecule has 0 aromatic heterocycles. The highest BCUT2D eigenvalue weighted by Gasteiger charge is 2.01. The fourth-order valence-electron chi connectivity index (χ4n) is 1.66. The van der Waals surface area contributed by atoms with Crippen LogP contribution in [0.4, 0.5) is 0 Å². The van der Waals surface area contributed by atoms with Crippen molar-refractivity contribution in [2.45, 2.75) is 6.42 Å². The Bertz CT molecular complexity index is 624. The number of halogens is 1. The molecule has 0 saturated heterocycles. The summed E-state index contributed by atoms with van der Waals surface area (Å²) in [5, 5.41) is 3.44. The molecule has 1 N–H and O–H groups in total. The Balaban J connectivity index is 1.78. The van der Waals surface area contributed by atoms with Gasteiger partial charge < -0.3 is 5.32 Å². The summed E-state index contributed by atoms with van der Waals surface area (Å²) in [6, 6.07) is 16.9. The minimum Gasteiger partial charge on any atom is -0.345 e. The molecule has 1 amide bonds. The van der Waals surface area contributed by atoms with Gasteiger partial charge in [-0.3, -0.25) is 4.79 Å². The number of carbonyl (C=O) groups is 1. The molecule has 0 fully saturated rings. The largest absolute Gasteiger partial charge is 0.345 e. The van der Waals surface area contributed by atoms with Gasteiger partial charge in [0.05, 0.1) is 13.0 Å². The van der Waals surface area contributed by atoms with E-state index in [9.17, 15) is 4.79 Å². The van der Waals surface area contributed by atoms with Gasteiger partial charge in [-0.2, -0.15) is 0 Å². The molecule has 2 rings (SSSR count). The minimum atomic E-state index is -0.0466. The van der Waals surface area contributed by atoms with E-state index in [1.54, 1.807) is 12.1 Å². The maximum Gasteiger partial charge on any atom is 0.225 e. The highest BCUT2D eigenvalue weighted by atomic mass is 35.5. The third-order valence-electron chi connectivity index (χ3n) is 2.66. The van der Waals surface area contributed by atoms with E-state index in [2.05, 4.69) is 17.2 Å². The minimum absolute atomic E-state index is 0.0466. The highest BCUT2D eigenvalue weighted by molar-refractivity contribution is 6.30. The van der Waals surface area contributed by atoms with Crippen molar-refractivity contribution in [3.63, 3.8) is 0 Å². The van der Waals surface area contributed by atoms with Crippen LogP contribution in [0, 0.1) is 11.8 Å². The van der Waals surface area contributed by atoms with Crippen LogP contribution in [0.5, 0.6) is 0 Å². The lowest BCUT2D eigenvalue weighted by Gasteiger charge is -2.01.